The van der Waals surface area contributed by atoms with E-state index in [0.29, 0.717) is 12.1 Å². The van der Waals surface area contributed by atoms with Gasteiger partial charge in [0.25, 0.3) is 0 Å². The molecule has 1 saturated heterocycles. The number of likely N-dealkylation sites (tertiary alicyclic amines) is 1. The van der Waals surface area contributed by atoms with Crippen LogP contribution in [0.25, 0.3) is 0 Å². The molecule has 0 saturated carbocycles. The lowest BCUT2D eigenvalue weighted by Crippen LogP contribution is -2.43. The summed E-state index contributed by atoms with van der Waals surface area (Å²) in [5.41, 5.74) is 0.670. The quantitative estimate of drug-likeness (QED) is 0.774. The van der Waals surface area contributed by atoms with E-state index in [1.807, 2.05) is 18.2 Å². The van der Waals surface area contributed by atoms with Crippen LogP contribution in [0, 0.1) is 3.57 Å². The minimum atomic E-state index is -1.01. The molecule has 2 unspecified atom stereocenters. The topological polar surface area (TPSA) is 78.9 Å². The average molecular weight is 390 g/mol. The van der Waals surface area contributed by atoms with E-state index in [9.17, 15) is 14.7 Å². The number of benzene rings is 1. The summed E-state index contributed by atoms with van der Waals surface area (Å²) in [7, 11) is 1.52. The maximum atomic E-state index is 12.2. The zero-order valence-electron chi connectivity index (χ0n) is 10.9. The van der Waals surface area contributed by atoms with Crippen molar-refractivity contribution >= 4 is 40.3 Å². The summed E-state index contributed by atoms with van der Waals surface area (Å²) in [5.74, 6) is -1.01. The summed E-state index contributed by atoms with van der Waals surface area (Å²) in [6, 6.07) is 6.07. The highest BCUT2D eigenvalue weighted by Crippen LogP contribution is 2.23. The van der Waals surface area contributed by atoms with Gasteiger partial charge in [0.05, 0.1) is 11.8 Å². The summed E-state index contributed by atoms with van der Waals surface area (Å²) >= 11 is 2.11. The molecule has 7 heteroatoms. The Hall–Kier alpha value is -1.35. The van der Waals surface area contributed by atoms with Gasteiger partial charge in [0.15, 0.2) is 0 Å². The van der Waals surface area contributed by atoms with Crippen molar-refractivity contribution in [1.82, 2.24) is 4.90 Å². The first kappa shape index (κ1) is 15.0. The molecule has 0 bridgehead atoms. The molecule has 0 radical (unpaired) electrons. The first-order chi connectivity index (χ1) is 9.52. The third-order valence-electron chi connectivity index (χ3n) is 3.26. The van der Waals surface area contributed by atoms with Crippen molar-refractivity contribution in [1.29, 1.82) is 0 Å². The molecule has 0 aliphatic carbocycles. The number of methoxy groups -OCH3 is 1. The molecule has 2 atom stereocenters. The van der Waals surface area contributed by atoms with Crippen molar-refractivity contribution in [2.75, 3.05) is 19.0 Å². The van der Waals surface area contributed by atoms with Gasteiger partial charge >= 0.3 is 12.0 Å². The summed E-state index contributed by atoms with van der Waals surface area (Å²) in [6.07, 6.45) is 0.0715. The Morgan fingerprint density at radius 3 is 2.75 bits per heavy atom. The minimum absolute atomic E-state index is 0.239. The highest BCUT2D eigenvalue weighted by Gasteiger charge is 2.39. The van der Waals surface area contributed by atoms with Gasteiger partial charge in [-0.3, -0.25) is 0 Å². The number of rotatable bonds is 3. The number of carbonyl (C=O) groups excluding carboxylic acids is 1. The lowest BCUT2D eigenvalue weighted by atomic mass is 10.2. The van der Waals surface area contributed by atoms with Gasteiger partial charge in [-0.15, -0.1) is 0 Å². The molecule has 6 nitrogen and oxygen atoms in total. The van der Waals surface area contributed by atoms with Crippen molar-refractivity contribution < 1.29 is 19.4 Å². The van der Waals surface area contributed by atoms with E-state index in [4.69, 9.17) is 4.74 Å². The van der Waals surface area contributed by atoms with E-state index in [1.54, 1.807) is 6.07 Å². The molecule has 1 aliphatic heterocycles. The molecule has 1 fully saturated rings. The summed E-state index contributed by atoms with van der Waals surface area (Å²) in [6.45, 7) is 0.280. The van der Waals surface area contributed by atoms with Gasteiger partial charge in [-0.1, -0.05) is 12.1 Å². The van der Waals surface area contributed by atoms with Crippen LogP contribution in [0.15, 0.2) is 24.3 Å². The van der Waals surface area contributed by atoms with Crippen LogP contribution in [-0.4, -0.2) is 47.8 Å². The second-order valence-corrected chi connectivity index (χ2v) is 5.67. The van der Waals surface area contributed by atoms with Crippen LogP contribution in [0.2, 0.25) is 0 Å². The number of urea groups is 1. The number of aliphatic carboxylic acids is 1. The second kappa shape index (κ2) is 6.40. The number of nitrogens with zero attached hydrogens (tertiary/aromatic N) is 1. The highest BCUT2D eigenvalue weighted by molar-refractivity contribution is 14.1. The molecule has 1 aromatic carbocycles. The number of carbonyl (C=O) groups is 2. The van der Waals surface area contributed by atoms with E-state index in [-0.39, 0.29) is 12.6 Å². The number of amides is 2. The number of carboxylic acid groups (broad SMARTS) is 1. The molecule has 108 valence electrons. The number of ether oxygens (including phenoxy) is 1. The first-order valence-electron chi connectivity index (χ1n) is 6.10. The molecular weight excluding hydrogens is 375 g/mol. The van der Waals surface area contributed by atoms with E-state index < -0.39 is 18.0 Å². The molecule has 2 N–H and O–H groups in total. The Morgan fingerprint density at radius 2 is 2.15 bits per heavy atom. The Bertz CT molecular complexity index is 523. The summed E-state index contributed by atoms with van der Waals surface area (Å²) < 4.78 is 6.06. The number of hydrogen-bond donors (Lipinski definition) is 2. The van der Waals surface area contributed by atoms with Gasteiger partial charge in [-0.25, -0.2) is 9.59 Å². The van der Waals surface area contributed by atoms with E-state index in [1.165, 1.54) is 12.0 Å². The molecule has 20 heavy (non-hydrogen) atoms. The second-order valence-electron chi connectivity index (χ2n) is 4.51. The fourth-order valence-electron chi connectivity index (χ4n) is 2.18. The molecular formula is C13H15IN2O4. The Kier molecular flexibility index (Phi) is 4.81. The molecule has 2 amide bonds. The smallest absolute Gasteiger partial charge is 0.326 e. The third kappa shape index (κ3) is 3.21. The molecule has 2 rings (SSSR count). The fourth-order valence-corrected chi connectivity index (χ4v) is 2.70. The molecule has 0 spiro atoms. The molecule has 1 heterocycles. The zero-order chi connectivity index (χ0) is 14.7. The van der Waals surface area contributed by atoms with Crippen LogP contribution < -0.4 is 5.32 Å². The summed E-state index contributed by atoms with van der Waals surface area (Å²) in [5, 5.41) is 11.9. The van der Waals surface area contributed by atoms with Gasteiger partial charge in [0.2, 0.25) is 0 Å². The molecule has 1 aliphatic rings. The van der Waals surface area contributed by atoms with Crippen molar-refractivity contribution in [3.8, 4) is 0 Å². The fraction of sp³-hybridized carbons (Fsp3) is 0.385. The number of hydrogen-bond acceptors (Lipinski definition) is 3. The van der Waals surface area contributed by atoms with Gasteiger partial charge in [0, 0.05) is 23.6 Å². The minimum Gasteiger partial charge on any atom is -0.480 e. The molecule has 0 aromatic heterocycles. The van der Waals surface area contributed by atoms with E-state index >= 15 is 0 Å². The Balaban J connectivity index is 2.11. The first-order valence-corrected chi connectivity index (χ1v) is 7.18. The SMILES string of the molecule is COC1CC(C(=O)O)N(C(=O)Nc2ccccc2I)C1. The monoisotopic (exact) mass is 390 g/mol. The average Bonchev–Trinajstić information content (AvgIpc) is 2.86. The standard InChI is InChI=1S/C13H15IN2O4/c1-20-8-6-11(12(17)18)16(7-8)13(19)15-10-5-3-2-4-9(10)14/h2-5,8,11H,6-7H2,1H3,(H,15,19)(H,17,18). The van der Waals surface area contributed by atoms with Gasteiger partial charge in [-0.05, 0) is 34.7 Å². The van der Waals surface area contributed by atoms with Gasteiger partial charge in [0.1, 0.15) is 6.04 Å². The van der Waals surface area contributed by atoms with E-state index in [2.05, 4.69) is 27.9 Å². The maximum Gasteiger partial charge on any atom is 0.326 e. The lowest BCUT2D eigenvalue weighted by Gasteiger charge is -2.22. The maximum absolute atomic E-state index is 12.2. The van der Waals surface area contributed by atoms with Gasteiger partial charge < -0.3 is 20.1 Å². The van der Waals surface area contributed by atoms with Crippen molar-refractivity contribution in [2.24, 2.45) is 0 Å². The number of carboxylic acids is 1. The van der Waals surface area contributed by atoms with Crippen molar-refractivity contribution in [2.45, 2.75) is 18.6 Å². The van der Waals surface area contributed by atoms with Crippen LogP contribution in [-0.2, 0) is 9.53 Å². The molecule has 1 aromatic rings. The van der Waals surface area contributed by atoms with Crippen LogP contribution in [0.3, 0.4) is 0 Å². The normalized spacial score (nSPS) is 21.8. The number of halogens is 1. The van der Waals surface area contributed by atoms with Crippen molar-refractivity contribution in [3.05, 3.63) is 27.8 Å². The van der Waals surface area contributed by atoms with Crippen molar-refractivity contribution in [3.63, 3.8) is 0 Å². The van der Waals surface area contributed by atoms with Crippen LogP contribution in [0.1, 0.15) is 6.42 Å². The summed E-state index contributed by atoms with van der Waals surface area (Å²) in [4.78, 5) is 24.8. The lowest BCUT2D eigenvalue weighted by molar-refractivity contribution is -0.141. The third-order valence-corrected chi connectivity index (χ3v) is 4.20. The number of para-hydroxylation sites is 1. The van der Waals surface area contributed by atoms with Gasteiger partial charge in [-0.2, -0.15) is 0 Å². The largest absolute Gasteiger partial charge is 0.480 e. The predicted octanol–water partition coefficient (Wildman–Crippen LogP) is 2.00. The van der Waals surface area contributed by atoms with Crippen LogP contribution in [0.5, 0.6) is 0 Å². The zero-order valence-corrected chi connectivity index (χ0v) is 13.0. The van der Waals surface area contributed by atoms with Crippen LogP contribution >= 0.6 is 22.6 Å². The number of anilines is 1. The van der Waals surface area contributed by atoms with Crippen LogP contribution in [0.4, 0.5) is 10.5 Å². The Labute approximate surface area is 130 Å². The van der Waals surface area contributed by atoms with E-state index in [0.717, 1.165) is 3.57 Å². The highest BCUT2D eigenvalue weighted by atomic mass is 127. The predicted molar refractivity (Wildman–Crippen MR) is 81.7 cm³/mol. The number of nitrogens with one attached hydrogen (secondary N) is 1. The Morgan fingerprint density at radius 1 is 1.45 bits per heavy atom.